The van der Waals surface area contributed by atoms with Gasteiger partial charge in [0.2, 0.25) is 11.5 Å². The lowest BCUT2D eigenvalue weighted by Crippen LogP contribution is -2.41. The summed E-state index contributed by atoms with van der Waals surface area (Å²) in [6, 6.07) is 26.0. The average Bonchev–Trinajstić information content (AvgIpc) is 3.35. The number of carbonyl (C=O) groups excluding carboxylic acids is 1. The highest BCUT2D eigenvalue weighted by Gasteiger charge is 2.55. The van der Waals surface area contributed by atoms with Crippen molar-refractivity contribution in [3.8, 4) is 11.5 Å². The number of carbonyl (C=O) groups is 1. The van der Waals surface area contributed by atoms with Crippen LogP contribution in [0, 0.1) is 0 Å². The van der Waals surface area contributed by atoms with Gasteiger partial charge in [-0.05, 0) is 23.8 Å². The number of hydrogen-bond donors (Lipinski definition) is 1. The molecular formula is C23H17N3O3. The molecule has 0 radical (unpaired) electrons. The predicted octanol–water partition coefficient (Wildman–Crippen LogP) is 3.52. The SMILES string of the molecule is O=C1N(Cc2ccccc2)c2ccccc2C1(O)c1nnc(-c2ccccc2)o1. The highest BCUT2D eigenvalue weighted by molar-refractivity contribution is 6.08. The van der Waals surface area contributed by atoms with Crippen molar-refractivity contribution >= 4 is 11.6 Å². The number of para-hydroxylation sites is 1. The van der Waals surface area contributed by atoms with Crippen LogP contribution in [0.25, 0.3) is 11.5 Å². The van der Waals surface area contributed by atoms with E-state index in [9.17, 15) is 9.90 Å². The molecule has 0 saturated heterocycles. The van der Waals surface area contributed by atoms with Crippen molar-refractivity contribution in [2.45, 2.75) is 12.1 Å². The molecule has 0 aliphatic carbocycles. The van der Waals surface area contributed by atoms with Crippen LogP contribution >= 0.6 is 0 Å². The molecule has 0 bridgehead atoms. The maximum absolute atomic E-state index is 13.4. The Balaban J connectivity index is 1.58. The van der Waals surface area contributed by atoms with Crippen molar-refractivity contribution < 1.29 is 14.3 Å². The Labute approximate surface area is 167 Å². The first-order valence-electron chi connectivity index (χ1n) is 9.25. The highest BCUT2D eigenvalue weighted by atomic mass is 16.4. The number of aromatic nitrogens is 2. The van der Waals surface area contributed by atoms with Gasteiger partial charge in [0.15, 0.2) is 0 Å². The van der Waals surface area contributed by atoms with Gasteiger partial charge in [-0.15, -0.1) is 10.2 Å². The third-order valence-corrected chi connectivity index (χ3v) is 5.08. The fourth-order valence-corrected chi connectivity index (χ4v) is 3.63. The van der Waals surface area contributed by atoms with Crippen LogP contribution in [0.1, 0.15) is 17.0 Å². The number of nitrogens with zero attached hydrogens (tertiary/aromatic N) is 3. The minimum absolute atomic E-state index is 0.135. The molecular weight excluding hydrogens is 366 g/mol. The minimum Gasteiger partial charge on any atom is -0.417 e. The molecule has 0 saturated carbocycles. The van der Waals surface area contributed by atoms with Gasteiger partial charge in [0, 0.05) is 11.1 Å². The Bertz CT molecular complexity index is 1170. The molecule has 1 amide bonds. The molecule has 2 heterocycles. The lowest BCUT2D eigenvalue weighted by Gasteiger charge is -2.20. The Hall–Kier alpha value is -3.77. The van der Waals surface area contributed by atoms with Crippen LogP contribution in [0.15, 0.2) is 89.3 Å². The molecule has 1 unspecified atom stereocenters. The first-order chi connectivity index (χ1) is 14.2. The molecule has 1 aromatic heterocycles. The van der Waals surface area contributed by atoms with Crippen LogP contribution in [0.2, 0.25) is 0 Å². The number of amides is 1. The first-order valence-corrected chi connectivity index (χ1v) is 9.25. The maximum atomic E-state index is 13.4. The van der Waals surface area contributed by atoms with Gasteiger partial charge < -0.3 is 14.4 Å². The second-order valence-corrected chi connectivity index (χ2v) is 6.88. The van der Waals surface area contributed by atoms with Crippen molar-refractivity contribution in [2.24, 2.45) is 0 Å². The fraction of sp³-hybridized carbons (Fsp3) is 0.0870. The molecule has 6 heteroatoms. The highest BCUT2D eigenvalue weighted by Crippen LogP contribution is 2.44. The van der Waals surface area contributed by atoms with E-state index in [1.54, 1.807) is 17.0 Å². The van der Waals surface area contributed by atoms with Gasteiger partial charge in [0.1, 0.15) is 0 Å². The molecule has 1 N–H and O–H groups in total. The summed E-state index contributed by atoms with van der Waals surface area (Å²) in [5.41, 5.74) is 0.712. The largest absolute Gasteiger partial charge is 0.417 e. The third kappa shape index (κ3) is 2.73. The minimum atomic E-state index is -2.02. The summed E-state index contributed by atoms with van der Waals surface area (Å²) in [7, 11) is 0. The molecule has 4 aromatic rings. The second kappa shape index (κ2) is 6.68. The maximum Gasteiger partial charge on any atom is 0.274 e. The quantitative estimate of drug-likeness (QED) is 0.583. The smallest absolute Gasteiger partial charge is 0.274 e. The zero-order valence-electron chi connectivity index (χ0n) is 15.4. The van der Waals surface area contributed by atoms with E-state index in [1.807, 2.05) is 72.8 Å². The van der Waals surface area contributed by atoms with Crippen molar-refractivity contribution in [1.82, 2.24) is 10.2 Å². The monoisotopic (exact) mass is 383 g/mol. The van der Waals surface area contributed by atoms with E-state index in [0.29, 0.717) is 17.8 Å². The second-order valence-electron chi connectivity index (χ2n) is 6.88. The van der Waals surface area contributed by atoms with Gasteiger partial charge in [-0.25, -0.2) is 0 Å². The topological polar surface area (TPSA) is 79.5 Å². The van der Waals surface area contributed by atoms with Gasteiger partial charge in [-0.1, -0.05) is 66.7 Å². The summed E-state index contributed by atoms with van der Waals surface area (Å²) in [4.78, 5) is 14.9. The standard InChI is InChI=1S/C23H17N3O3/c27-22-23(28,21-25-24-20(29-21)17-11-5-2-6-12-17)18-13-7-8-14-19(18)26(22)15-16-9-3-1-4-10-16/h1-14,28H,15H2. The van der Waals surface area contributed by atoms with Crippen LogP contribution in [0.3, 0.4) is 0 Å². The van der Waals surface area contributed by atoms with E-state index in [-0.39, 0.29) is 11.8 Å². The molecule has 0 fully saturated rings. The summed E-state index contributed by atoms with van der Waals surface area (Å²) in [5.74, 6) is -0.393. The zero-order valence-corrected chi connectivity index (χ0v) is 15.4. The van der Waals surface area contributed by atoms with Crippen LogP contribution in [-0.4, -0.2) is 21.2 Å². The molecule has 3 aromatic carbocycles. The average molecular weight is 383 g/mol. The van der Waals surface area contributed by atoms with Gasteiger partial charge in [-0.2, -0.15) is 0 Å². The number of fused-ring (bicyclic) bond motifs is 1. The normalized spacial score (nSPS) is 18.1. The zero-order chi connectivity index (χ0) is 19.8. The van der Waals surface area contributed by atoms with Gasteiger partial charge in [0.25, 0.3) is 11.8 Å². The Kier molecular flexibility index (Phi) is 4.00. The number of anilines is 1. The lowest BCUT2D eigenvalue weighted by molar-refractivity contribution is -0.134. The van der Waals surface area contributed by atoms with Crippen LogP contribution in [0.4, 0.5) is 5.69 Å². The van der Waals surface area contributed by atoms with Gasteiger partial charge in [-0.3, -0.25) is 4.79 Å². The molecule has 29 heavy (non-hydrogen) atoms. The summed E-state index contributed by atoms with van der Waals surface area (Å²) >= 11 is 0. The van der Waals surface area contributed by atoms with Crippen LogP contribution in [-0.2, 0) is 16.9 Å². The number of hydrogen-bond acceptors (Lipinski definition) is 5. The van der Waals surface area contributed by atoms with Gasteiger partial charge in [0.05, 0.1) is 12.2 Å². The third-order valence-electron chi connectivity index (χ3n) is 5.08. The molecule has 6 nitrogen and oxygen atoms in total. The van der Waals surface area contributed by atoms with Crippen molar-refractivity contribution in [3.05, 3.63) is 102 Å². The molecule has 1 aliphatic rings. The first kappa shape index (κ1) is 17.3. The lowest BCUT2D eigenvalue weighted by atomic mass is 9.95. The molecule has 0 spiro atoms. The van der Waals surface area contributed by atoms with Crippen LogP contribution < -0.4 is 4.90 Å². The Morgan fingerprint density at radius 1 is 0.862 bits per heavy atom. The Morgan fingerprint density at radius 2 is 1.52 bits per heavy atom. The Morgan fingerprint density at radius 3 is 2.28 bits per heavy atom. The summed E-state index contributed by atoms with van der Waals surface area (Å²) in [5, 5.41) is 19.6. The molecule has 142 valence electrons. The predicted molar refractivity (Wildman–Crippen MR) is 107 cm³/mol. The summed E-state index contributed by atoms with van der Waals surface area (Å²) in [6.45, 7) is 0.332. The van der Waals surface area contributed by atoms with Crippen molar-refractivity contribution in [2.75, 3.05) is 4.90 Å². The molecule has 1 aliphatic heterocycles. The van der Waals surface area contributed by atoms with E-state index in [4.69, 9.17) is 4.42 Å². The van der Waals surface area contributed by atoms with E-state index >= 15 is 0 Å². The van der Waals surface area contributed by atoms with E-state index in [2.05, 4.69) is 10.2 Å². The summed E-state index contributed by atoms with van der Waals surface area (Å²) in [6.07, 6.45) is 0. The van der Waals surface area contributed by atoms with Crippen molar-refractivity contribution in [1.29, 1.82) is 0 Å². The summed E-state index contributed by atoms with van der Waals surface area (Å²) < 4.78 is 5.76. The number of benzene rings is 3. The van der Waals surface area contributed by atoms with Gasteiger partial charge >= 0.3 is 0 Å². The fourth-order valence-electron chi connectivity index (χ4n) is 3.63. The molecule has 1 atom stereocenters. The molecule has 5 rings (SSSR count). The van der Waals surface area contributed by atoms with E-state index in [0.717, 1.165) is 11.1 Å². The van der Waals surface area contributed by atoms with E-state index < -0.39 is 11.5 Å². The van der Waals surface area contributed by atoms with Crippen molar-refractivity contribution in [3.63, 3.8) is 0 Å². The number of aliphatic hydroxyl groups is 1. The van der Waals surface area contributed by atoms with Crippen LogP contribution in [0.5, 0.6) is 0 Å². The number of rotatable bonds is 4. The van der Waals surface area contributed by atoms with E-state index in [1.165, 1.54) is 0 Å².